The van der Waals surface area contributed by atoms with Gasteiger partial charge in [-0.15, -0.1) is 24.8 Å². The van der Waals surface area contributed by atoms with Gasteiger partial charge in [0, 0.05) is 32.2 Å². The van der Waals surface area contributed by atoms with Crippen molar-refractivity contribution < 1.29 is 4.39 Å². The third-order valence-corrected chi connectivity index (χ3v) is 4.34. The highest BCUT2D eigenvalue weighted by Gasteiger charge is 2.23. The molecule has 1 aliphatic rings. The highest BCUT2D eigenvalue weighted by molar-refractivity contribution is 5.85. The lowest BCUT2D eigenvalue weighted by atomic mass is 9.94. The maximum Gasteiger partial charge on any atom is 0.126 e. The largest absolute Gasteiger partial charge is 0.314 e. The first-order valence-corrected chi connectivity index (χ1v) is 7.93. The Labute approximate surface area is 146 Å². The monoisotopic (exact) mass is 350 g/mol. The average Bonchev–Trinajstić information content (AvgIpc) is 2.48. The van der Waals surface area contributed by atoms with Gasteiger partial charge < -0.3 is 5.32 Å². The molecule has 128 valence electrons. The second-order valence-corrected chi connectivity index (χ2v) is 5.75. The summed E-state index contributed by atoms with van der Waals surface area (Å²) in [4.78, 5) is 2.52. The molecule has 0 saturated carbocycles. The van der Waals surface area contributed by atoms with E-state index >= 15 is 0 Å². The number of benzene rings is 1. The van der Waals surface area contributed by atoms with Gasteiger partial charge in [0.15, 0.2) is 0 Å². The summed E-state index contributed by atoms with van der Waals surface area (Å²) in [6.07, 6.45) is 4.85. The zero-order chi connectivity index (χ0) is 14.4. The fraction of sp³-hybridized carbons (Fsp3) is 0.647. The van der Waals surface area contributed by atoms with Crippen molar-refractivity contribution in [1.82, 2.24) is 10.2 Å². The highest BCUT2D eigenvalue weighted by Crippen LogP contribution is 2.30. The minimum Gasteiger partial charge on any atom is -0.314 e. The molecular formula is C17H29Cl2FN2. The Bertz CT molecular complexity index is 423. The zero-order valence-corrected chi connectivity index (χ0v) is 15.2. The predicted octanol–water partition coefficient (Wildman–Crippen LogP) is 4.50. The molecule has 1 heterocycles. The number of hydrogen-bond donors (Lipinski definition) is 1. The predicted molar refractivity (Wildman–Crippen MR) is 97.0 cm³/mol. The quantitative estimate of drug-likeness (QED) is 0.759. The normalized spacial score (nSPS) is 16.5. The van der Waals surface area contributed by atoms with Crippen LogP contribution in [0, 0.1) is 12.7 Å². The Morgan fingerprint density at radius 3 is 2.50 bits per heavy atom. The summed E-state index contributed by atoms with van der Waals surface area (Å²) in [5, 5.41) is 3.40. The molecule has 0 aromatic heterocycles. The van der Waals surface area contributed by atoms with Crippen LogP contribution in [0.4, 0.5) is 4.39 Å². The minimum absolute atomic E-state index is 0. The summed E-state index contributed by atoms with van der Waals surface area (Å²) < 4.78 is 13.9. The molecule has 1 saturated heterocycles. The summed E-state index contributed by atoms with van der Waals surface area (Å²) in [7, 11) is 0. The Morgan fingerprint density at radius 1 is 1.18 bits per heavy atom. The van der Waals surface area contributed by atoms with Crippen molar-refractivity contribution in [3.63, 3.8) is 0 Å². The summed E-state index contributed by atoms with van der Waals surface area (Å²) in [6, 6.07) is 5.91. The fourth-order valence-electron chi connectivity index (χ4n) is 3.10. The van der Waals surface area contributed by atoms with Crippen molar-refractivity contribution in [2.45, 2.75) is 45.6 Å². The first kappa shape index (κ1) is 21.6. The number of nitrogens with one attached hydrogen (secondary N) is 1. The van der Waals surface area contributed by atoms with E-state index in [2.05, 4.69) is 23.2 Å². The number of hydrogen-bond acceptors (Lipinski definition) is 2. The van der Waals surface area contributed by atoms with Crippen molar-refractivity contribution in [3.05, 3.63) is 35.1 Å². The molecule has 22 heavy (non-hydrogen) atoms. The van der Waals surface area contributed by atoms with Crippen LogP contribution < -0.4 is 5.32 Å². The van der Waals surface area contributed by atoms with Gasteiger partial charge >= 0.3 is 0 Å². The van der Waals surface area contributed by atoms with Gasteiger partial charge in [0.05, 0.1) is 0 Å². The van der Waals surface area contributed by atoms with E-state index in [9.17, 15) is 4.39 Å². The lowest BCUT2D eigenvalue weighted by Gasteiger charge is -2.36. The molecule has 0 aliphatic carbocycles. The van der Waals surface area contributed by atoms with Crippen LogP contribution in [-0.4, -0.2) is 31.1 Å². The van der Waals surface area contributed by atoms with E-state index in [-0.39, 0.29) is 30.6 Å². The molecule has 1 atom stereocenters. The van der Waals surface area contributed by atoms with E-state index in [1.165, 1.54) is 24.8 Å². The smallest absolute Gasteiger partial charge is 0.126 e. The SMILES string of the molecule is CCCCC[C@@H](c1cccc(F)c1C)N1CCNCC1.Cl.Cl. The van der Waals surface area contributed by atoms with Gasteiger partial charge in [-0.1, -0.05) is 38.3 Å². The molecule has 0 amide bonds. The first-order valence-electron chi connectivity index (χ1n) is 7.93. The van der Waals surface area contributed by atoms with Crippen LogP contribution in [-0.2, 0) is 0 Å². The highest BCUT2D eigenvalue weighted by atomic mass is 35.5. The molecule has 5 heteroatoms. The fourth-order valence-corrected chi connectivity index (χ4v) is 3.10. The zero-order valence-electron chi connectivity index (χ0n) is 13.6. The topological polar surface area (TPSA) is 15.3 Å². The first-order chi connectivity index (χ1) is 9.74. The summed E-state index contributed by atoms with van der Waals surface area (Å²) in [6.45, 7) is 8.35. The minimum atomic E-state index is -0.0712. The van der Waals surface area contributed by atoms with E-state index in [4.69, 9.17) is 0 Å². The summed E-state index contributed by atoms with van der Waals surface area (Å²) >= 11 is 0. The van der Waals surface area contributed by atoms with Crippen LogP contribution in [0.2, 0.25) is 0 Å². The van der Waals surface area contributed by atoms with Crippen LogP contribution in [0.5, 0.6) is 0 Å². The van der Waals surface area contributed by atoms with Crippen molar-refractivity contribution in [2.75, 3.05) is 26.2 Å². The molecule has 0 spiro atoms. The molecule has 0 bridgehead atoms. The Hall–Kier alpha value is -0.350. The third-order valence-electron chi connectivity index (χ3n) is 4.34. The molecule has 1 aromatic rings. The molecule has 0 unspecified atom stereocenters. The summed E-state index contributed by atoms with van der Waals surface area (Å²) in [5.41, 5.74) is 2.01. The standard InChI is InChI=1S/C17H27FN2.2ClH/c1-3-4-5-9-17(20-12-10-19-11-13-20)15-7-6-8-16(18)14(15)2;;/h6-8,17,19H,3-5,9-13H2,1-2H3;2*1H/t17-;;/m0../s1. The van der Waals surface area contributed by atoms with E-state index in [0.717, 1.165) is 38.2 Å². The molecule has 1 fully saturated rings. The molecular weight excluding hydrogens is 322 g/mol. The van der Waals surface area contributed by atoms with Crippen molar-refractivity contribution in [1.29, 1.82) is 0 Å². The van der Waals surface area contributed by atoms with Gasteiger partial charge in [-0.2, -0.15) is 0 Å². The summed E-state index contributed by atoms with van der Waals surface area (Å²) in [5.74, 6) is -0.0712. The maximum absolute atomic E-state index is 13.9. The average molecular weight is 351 g/mol. The maximum atomic E-state index is 13.9. The van der Waals surface area contributed by atoms with Crippen molar-refractivity contribution in [2.24, 2.45) is 0 Å². The van der Waals surface area contributed by atoms with Crippen LogP contribution >= 0.6 is 24.8 Å². The van der Waals surface area contributed by atoms with Gasteiger partial charge in [-0.05, 0) is 30.5 Å². The second-order valence-electron chi connectivity index (χ2n) is 5.75. The van der Waals surface area contributed by atoms with Crippen LogP contribution in [0.1, 0.15) is 49.8 Å². The van der Waals surface area contributed by atoms with Crippen molar-refractivity contribution >= 4 is 24.8 Å². The van der Waals surface area contributed by atoms with Crippen molar-refractivity contribution in [3.8, 4) is 0 Å². The van der Waals surface area contributed by atoms with E-state index < -0.39 is 0 Å². The number of nitrogens with zero attached hydrogens (tertiary/aromatic N) is 1. The van der Waals surface area contributed by atoms with Gasteiger partial charge in [0.2, 0.25) is 0 Å². The number of piperazine rings is 1. The van der Waals surface area contributed by atoms with E-state index in [1.54, 1.807) is 6.07 Å². The molecule has 2 rings (SSSR count). The van der Waals surface area contributed by atoms with Gasteiger partial charge in [0.25, 0.3) is 0 Å². The number of halogens is 3. The molecule has 1 N–H and O–H groups in total. The Kier molecular flexibility index (Phi) is 11.0. The molecule has 2 nitrogen and oxygen atoms in total. The lowest BCUT2D eigenvalue weighted by Crippen LogP contribution is -2.45. The molecule has 1 aliphatic heterocycles. The lowest BCUT2D eigenvalue weighted by molar-refractivity contribution is 0.162. The Morgan fingerprint density at radius 2 is 1.86 bits per heavy atom. The van der Waals surface area contributed by atoms with Crippen LogP contribution in [0.25, 0.3) is 0 Å². The Balaban J connectivity index is 0.00000220. The molecule has 0 radical (unpaired) electrons. The second kappa shape index (κ2) is 11.2. The van der Waals surface area contributed by atoms with Crippen LogP contribution in [0.3, 0.4) is 0 Å². The van der Waals surface area contributed by atoms with Crippen LogP contribution in [0.15, 0.2) is 18.2 Å². The van der Waals surface area contributed by atoms with Gasteiger partial charge in [-0.25, -0.2) is 4.39 Å². The third kappa shape index (κ3) is 5.69. The van der Waals surface area contributed by atoms with Gasteiger partial charge in [0.1, 0.15) is 5.82 Å². The van der Waals surface area contributed by atoms with E-state index in [1.807, 2.05) is 13.0 Å². The van der Waals surface area contributed by atoms with E-state index in [0.29, 0.717) is 6.04 Å². The molecule has 1 aromatic carbocycles. The number of unbranched alkanes of at least 4 members (excludes halogenated alkanes) is 2. The number of rotatable bonds is 6. The van der Waals surface area contributed by atoms with Gasteiger partial charge in [-0.3, -0.25) is 4.90 Å².